The number of rotatable bonds is 7. The fraction of sp³-hybridized carbons (Fsp3) is 0.833. The second-order valence-electron chi connectivity index (χ2n) is 4.64. The molecule has 4 nitrogen and oxygen atoms in total. The standard InChI is InChI=1S/C12H24N2O2S/c1-3-8-14(9-4-2)17(15,16)11-12-6-5-7-13-10-12/h3,12-13H,1,4-11H2,2H3. The molecule has 5 heteroatoms. The van der Waals surface area contributed by atoms with E-state index in [1.807, 2.05) is 6.92 Å². The quantitative estimate of drug-likeness (QED) is 0.700. The maximum atomic E-state index is 12.2. The molecular weight excluding hydrogens is 236 g/mol. The van der Waals surface area contributed by atoms with E-state index >= 15 is 0 Å². The predicted molar refractivity (Wildman–Crippen MR) is 71.4 cm³/mol. The summed E-state index contributed by atoms with van der Waals surface area (Å²) >= 11 is 0. The normalized spacial score (nSPS) is 21.6. The smallest absolute Gasteiger partial charge is 0.214 e. The van der Waals surface area contributed by atoms with E-state index in [1.165, 1.54) is 0 Å². The fourth-order valence-corrected chi connectivity index (χ4v) is 4.09. The van der Waals surface area contributed by atoms with E-state index in [-0.39, 0.29) is 11.7 Å². The van der Waals surface area contributed by atoms with E-state index in [0.29, 0.717) is 13.1 Å². The highest BCUT2D eigenvalue weighted by atomic mass is 32.2. The second kappa shape index (κ2) is 7.13. The van der Waals surface area contributed by atoms with Crippen molar-refractivity contribution in [1.29, 1.82) is 0 Å². The van der Waals surface area contributed by atoms with Crippen molar-refractivity contribution in [3.8, 4) is 0 Å². The molecule has 1 unspecified atom stereocenters. The van der Waals surface area contributed by atoms with Gasteiger partial charge < -0.3 is 5.32 Å². The lowest BCUT2D eigenvalue weighted by molar-refractivity contribution is 0.386. The van der Waals surface area contributed by atoms with E-state index in [9.17, 15) is 8.42 Å². The van der Waals surface area contributed by atoms with Gasteiger partial charge in [0.1, 0.15) is 0 Å². The zero-order valence-electron chi connectivity index (χ0n) is 10.7. The lowest BCUT2D eigenvalue weighted by Crippen LogP contribution is -2.40. The van der Waals surface area contributed by atoms with Gasteiger partial charge >= 0.3 is 0 Å². The Morgan fingerprint density at radius 2 is 2.29 bits per heavy atom. The maximum Gasteiger partial charge on any atom is 0.214 e. The molecule has 1 saturated heterocycles. The van der Waals surface area contributed by atoms with E-state index in [0.717, 1.165) is 32.4 Å². The highest BCUT2D eigenvalue weighted by Gasteiger charge is 2.25. The van der Waals surface area contributed by atoms with Gasteiger partial charge in [-0.1, -0.05) is 13.0 Å². The fourth-order valence-electron chi connectivity index (χ4n) is 2.21. The first-order valence-corrected chi connectivity index (χ1v) is 8.00. The number of hydrogen-bond donors (Lipinski definition) is 1. The number of sulfonamides is 1. The minimum absolute atomic E-state index is 0.262. The van der Waals surface area contributed by atoms with Crippen molar-refractivity contribution in [2.45, 2.75) is 26.2 Å². The van der Waals surface area contributed by atoms with Crippen LogP contribution in [0.2, 0.25) is 0 Å². The molecule has 0 spiro atoms. The molecule has 1 aliphatic heterocycles. The van der Waals surface area contributed by atoms with Crippen LogP contribution in [0.3, 0.4) is 0 Å². The number of piperidine rings is 1. The van der Waals surface area contributed by atoms with Crippen molar-refractivity contribution in [2.24, 2.45) is 5.92 Å². The van der Waals surface area contributed by atoms with Crippen molar-refractivity contribution in [1.82, 2.24) is 9.62 Å². The highest BCUT2D eigenvalue weighted by Crippen LogP contribution is 2.15. The van der Waals surface area contributed by atoms with Gasteiger partial charge in [0, 0.05) is 13.1 Å². The van der Waals surface area contributed by atoms with Crippen LogP contribution in [0.1, 0.15) is 26.2 Å². The van der Waals surface area contributed by atoms with Crippen LogP contribution in [-0.2, 0) is 10.0 Å². The van der Waals surface area contributed by atoms with Crippen molar-refractivity contribution < 1.29 is 8.42 Å². The van der Waals surface area contributed by atoms with Gasteiger partial charge in [0.25, 0.3) is 0 Å². The molecule has 100 valence electrons. The molecule has 1 atom stereocenters. The SMILES string of the molecule is C=CCN(CCC)S(=O)(=O)CC1CCCNC1. The number of hydrogen-bond acceptors (Lipinski definition) is 3. The van der Waals surface area contributed by atoms with Crippen molar-refractivity contribution in [2.75, 3.05) is 31.9 Å². The first-order chi connectivity index (χ1) is 8.10. The Morgan fingerprint density at radius 1 is 1.53 bits per heavy atom. The number of nitrogens with zero attached hydrogens (tertiary/aromatic N) is 1. The van der Waals surface area contributed by atoms with Crippen LogP contribution in [0.4, 0.5) is 0 Å². The van der Waals surface area contributed by atoms with Crippen LogP contribution >= 0.6 is 0 Å². The molecule has 0 aromatic carbocycles. The minimum atomic E-state index is -3.12. The summed E-state index contributed by atoms with van der Waals surface area (Å²) in [5, 5.41) is 3.26. The molecular formula is C12H24N2O2S. The first kappa shape index (κ1) is 14.7. The third-order valence-electron chi connectivity index (χ3n) is 3.04. The Labute approximate surface area is 105 Å². The Hall–Kier alpha value is -0.390. The van der Waals surface area contributed by atoms with Crippen LogP contribution in [0.15, 0.2) is 12.7 Å². The summed E-state index contributed by atoms with van der Waals surface area (Å²) in [5.41, 5.74) is 0. The molecule has 1 fully saturated rings. The molecule has 1 N–H and O–H groups in total. The Bertz CT molecular complexity index is 321. The van der Waals surface area contributed by atoms with Gasteiger partial charge in [-0.2, -0.15) is 4.31 Å². The summed E-state index contributed by atoms with van der Waals surface area (Å²) in [7, 11) is -3.12. The van der Waals surface area contributed by atoms with Gasteiger partial charge in [0.05, 0.1) is 5.75 Å². The van der Waals surface area contributed by atoms with Crippen LogP contribution in [0.5, 0.6) is 0 Å². The minimum Gasteiger partial charge on any atom is -0.316 e. The second-order valence-corrected chi connectivity index (χ2v) is 6.65. The Morgan fingerprint density at radius 3 is 2.82 bits per heavy atom. The maximum absolute atomic E-state index is 12.2. The third kappa shape index (κ3) is 4.77. The van der Waals surface area contributed by atoms with Crippen LogP contribution in [0, 0.1) is 5.92 Å². The average molecular weight is 260 g/mol. The predicted octanol–water partition coefficient (Wildman–Crippen LogP) is 1.21. The molecule has 0 aromatic heterocycles. The van der Waals surface area contributed by atoms with E-state index in [2.05, 4.69) is 11.9 Å². The van der Waals surface area contributed by atoms with Gasteiger partial charge in [-0.15, -0.1) is 6.58 Å². The molecule has 0 aliphatic carbocycles. The topological polar surface area (TPSA) is 49.4 Å². The molecule has 1 aliphatic rings. The zero-order chi connectivity index (χ0) is 12.7. The summed E-state index contributed by atoms with van der Waals surface area (Å²) in [5.74, 6) is 0.534. The molecule has 0 amide bonds. The van der Waals surface area contributed by atoms with Crippen LogP contribution in [-0.4, -0.2) is 44.7 Å². The van der Waals surface area contributed by atoms with Gasteiger partial charge in [0.2, 0.25) is 10.0 Å². The van der Waals surface area contributed by atoms with Gasteiger partial charge in [-0.05, 0) is 38.3 Å². The van der Waals surface area contributed by atoms with Crippen LogP contribution in [0.25, 0.3) is 0 Å². The molecule has 17 heavy (non-hydrogen) atoms. The first-order valence-electron chi connectivity index (χ1n) is 6.39. The molecule has 0 bridgehead atoms. The molecule has 0 radical (unpaired) electrons. The van der Waals surface area contributed by atoms with Crippen molar-refractivity contribution in [3.63, 3.8) is 0 Å². The van der Waals surface area contributed by atoms with Crippen LogP contribution < -0.4 is 5.32 Å². The lowest BCUT2D eigenvalue weighted by atomic mass is 10.0. The average Bonchev–Trinajstić information content (AvgIpc) is 2.29. The third-order valence-corrected chi connectivity index (χ3v) is 5.06. The van der Waals surface area contributed by atoms with E-state index < -0.39 is 10.0 Å². The van der Waals surface area contributed by atoms with Crippen molar-refractivity contribution >= 4 is 10.0 Å². The van der Waals surface area contributed by atoms with E-state index in [4.69, 9.17) is 0 Å². The zero-order valence-corrected chi connectivity index (χ0v) is 11.5. The molecule has 0 saturated carbocycles. The summed E-state index contributed by atoms with van der Waals surface area (Å²) in [6.07, 6.45) is 4.60. The van der Waals surface area contributed by atoms with Gasteiger partial charge in [-0.25, -0.2) is 8.42 Å². The van der Waals surface area contributed by atoms with E-state index in [1.54, 1.807) is 10.4 Å². The molecule has 1 heterocycles. The lowest BCUT2D eigenvalue weighted by Gasteiger charge is -2.26. The largest absolute Gasteiger partial charge is 0.316 e. The van der Waals surface area contributed by atoms with Gasteiger partial charge in [-0.3, -0.25) is 0 Å². The van der Waals surface area contributed by atoms with Crippen molar-refractivity contribution in [3.05, 3.63) is 12.7 Å². The Kier molecular flexibility index (Phi) is 6.16. The number of nitrogens with one attached hydrogen (secondary N) is 1. The highest BCUT2D eigenvalue weighted by molar-refractivity contribution is 7.89. The summed E-state index contributed by atoms with van der Waals surface area (Å²) < 4.78 is 26.0. The summed E-state index contributed by atoms with van der Waals surface area (Å²) in [6, 6.07) is 0. The summed E-state index contributed by atoms with van der Waals surface area (Å²) in [4.78, 5) is 0. The van der Waals surface area contributed by atoms with Gasteiger partial charge in [0.15, 0.2) is 0 Å². The molecule has 0 aromatic rings. The molecule has 1 rings (SSSR count). The Balaban J connectivity index is 2.59. The summed E-state index contributed by atoms with van der Waals surface area (Å²) in [6.45, 7) is 8.48. The monoisotopic (exact) mass is 260 g/mol.